The van der Waals surface area contributed by atoms with Gasteiger partial charge in [0.25, 0.3) is 5.91 Å². The van der Waals surface area contributed by atoms with Crippen LogP contribution in [-0.4, -0.2) is 35.1 Å². The standard InChI is InChI=1S/C23H37NO2/c1-3-5-6-7-8-10-19(9-4-2)20-11-13-21(14-12-20)23(26)24-17-15-22(25)16-18-24/h11-14,19,22,25H,3-10,15-18H2,1-2H3. The second-order valence-corrected chi connectivity index (χ2v) is 7.83. The topological polar surface area (TPSA) is 40.5 Å². The fraction of sp³-hybridized carbons (Fsp3) is 0.696. The molecule has 1 aromatic rings. The van der Waals surface area contributed by atoms with E-state index in [1.807, 2.05) is 17.0 Å². The van der Waals surface area contributed by atoms with E-state index in [-0.39, 0.29) is 12.0 Å². The highest BCUT2D eigenvalue weighted by Gasteiger charge is 2.22. The van der Waals surface area contributed by atoms with Crippen LogP contribution in [0.25, 0.3) is 0 Å². The lowest BCUT2D eigenvalue weighted by atomic mass is 9.88. The van der Waals surface area contributed by atoms with E-state index >= 15 is 0 Å². The summed E-state index contributed by atoms with van der Waals surface area (Å²) in [6.45, 7) is 5.84. The van der Waals surface area contributed by atoms with Crippen molar-refractivity contribution in [1.82, 2.24) is 4.90 Å². The van der Waals surface area contributed by atoms with Crippen molar-refractivity contribution in [2.24, 2.45) is 0 Å². The Hall–Kier alpha value is -1.35. The second-order valence-electron chi connectivity index (χ2n) is 7.83. The van der Waals surface area contributed by atoms with Crippen LogP contribution in [-0.2, 0) is 0 Å². The molecule has 0 bridgehead atoms. The summed E-state index contributed by atoms with van der Waals surface area (Å²) in [4.78, 5) is 14.5. The lowest BCUT2D eigenvalue weighted by Gasteiger charge is -2.29. The molecule has 1 aliphatic heterocycles. The molecule has 1 aliphatic rings. The van der Waals surface area contributed by atoms with Gasteiger partial charge in [0.1, 0.15) is 0 Å². The summed E-state index contributed by atoms with van der Waals surface area (Å²) in [5, 5.41) is 9.61. The number of hydrogen-bond donors (Lipinski definition) is 1. The fourth-order valence-electron chi connectivity index (χ4n) is 3.97. The molecule has 1 saturated heterocycles. The normalized spacial score (nSPS) is 16.7. The fourth-order valence-corrected chi connectivity index (χ4v) is 3.97. The predicted molar refractivity (Wildman–Crippen MR) is 109 cm³/mol. The van der Waals surface area contributed by atoms with E-state index < -0.39 is 0 Å². The Morgan fingerprint density at radius 3 is 2.27 bits per heavy atom. The zero-order valence-corrected chi connectivity index (χ0v) is 16.8. The average Bonchev–Trinajstić information content (AvgIpc) is 2.67. The highest BCUT2D eigenvalue weighted by Crippen LogP contribution is 2.28. The number of amides is 1. The number of nitrogens with zero attached hydrogens (tertiary/aromatic N) is 1. The molecule has 0 aliphatic carbocycles. The Balaban J connectivity index is 1.91. The van der Waals surface area contributed by atoms with Gasteiger partial charge in [0.05, 0.1) is 6.10 Å². The van der Waals surface area contributed by atoms with Crippen LogP contribution in [0.4, 0.5) is 0 Å². The van der Waals surface area contributed by atoms with Crippen LogP contribution in [0.1, 0.15) is 99.9 Å². The van der Waals surface area contributed by atoms with E-state index in [4.69, 9.17) is 0 Å². The third-order valence-corrected chi connectivity index (χ3v) is 5.67. The zero-order chi connectivity index (χ0) is 18.8. The van der Waals surface area contributed by atoms with Crippen LogP contribution in [0, 0.1) is 0 Å². The highest BCUT2D eigenvalue weighted by molar-refractivity contribution is 5.94. The molecule has 0 spiro atoms. The number of piperidine rings is 1. The molecular weight excluding hydrogens is 322 g/mol. The summed E-state index contributed by atoms with van der Waals surface area (Å²) >= 11 is 0. The van der Waals surface area contributed by atoms with Crippen molar-refractivity contribution in [3.63, 3.8) is 0 Å². The smallest absolute Gasteiger partial charge is 0.253 e. The van der Waals surface area contributed by atoms with Gasteiger partial charge < -0.3 is 10.0 Å². The monoisotopic (exact) mass is 359 g/mol. The first-order valence-electron chi connectivity index (χ1n) is 10.7. The average molecular weight is 360 g/mol. The first kappa shape index (κ1) is 21.0. The Labute approximate surface area is 159 Å². The minimum absolute atomic E-state index is 0.107. The van der Waals surface area contributed by atoms with Crippen LogP contribution >= 0.6 is 0 Å². The molecule has 0 aromatic heterocycles. The van der Waals surface area contributed by atoms with Crippen molar-refractivity contribution in [3.05, 3.63) is 35.4 Å². The number of rotatable bonds is 10. The van der Waals surface area contributed by atoms with Crippen LogP contribution in [0.2, 0.25) is 0 Å². The predicted octanol–water partition coefficient (Wildman–Crippen LogP) is 5.53. The van der Waals surface area contributed by atoms with Gasteiger partial charge in [0, 0.05) is 18.7 Å². The minimum Gasteiger partial charge on any atom is -0.393 e. The number of carbonyl (C=O) groups is 1. The Morgan fingerprint density at radius 2 is 1.65 bits per heavy atom. The molecule has 3 nitrogen and oxygen atoms in total. The van der Waals surface area contributed by atoms with Gasteiger partial charge in [-0.2, -0.15) is 0 Å². The number of unbranched alkanes of at least 4 members (excludes halogenated alkanes) is 4. The van der Waals surface area contributed by atoms with E-state index in [1.165, 1.54) is 56.9 Å². The number of benzene rings is 1. The Morgan fingerprint density at radius 1 is 1.00 bits per heavy atom. The minimum atomic E-state index is -0.242. The van der Waals surface area contributed by atoms with Gasteiger partial charge in [-0.25, -0.2) is 0 Å². The summed E-state index contributed by atoms with van der Waals surface area (Å²) < 4.78 is 0. The molecule has 1 unspecified atom stereocenters. The lowest BCUT2D eigenvalue weighted by Crippen LogP contribution is -2.40. The van der Waals surface area contributed by atoms with Crippen LogP contribution in [0.15, 0.2) is 24.3 Å². The molecule has 0 radical (unpaired) electrons. The summed E-state index contributed by atoms with van der Waals surface area (Å²) in [5.74, 6) is 0.728. The van der Waals surface area contributed by atoms with Crippen molar-refractivity contribution >= 4 is 5.91 Å². The maximum Gasteiger partial charge on any atom is 0.253 e. The largest absolute Gasteiger partial charge is 0.393 e. The van der Waals surface area contributed by atoms with Crippen molar-refractivity contribution in [2.45, 2.75) is 90.1 Å². The molecule has 1 aromatic carbocycles. The maximum atomic E-state index is 12.6. The van der Waals surface area contributed by atoms with E-state index in [0.717, 1.165) is 5.56 Å². The van der Waals surface area contributed by atoms with Gasteiger partial charge in [0.2, 0.25) is 0 Å². The molecule has 1 fully saturated rings. The molecule has 1 amide bonds. The van der Waals surface area contributed by atoms with Gasteiger partial charge in [-0.1, -0.05) is 64.5 Å². The van der Waals surface area contributed by atoms with Gasteiger partial charge in [-0.15, -0.1) is 0 Å². The van der Waals surface area contributed by atoms with E-state index in [0.29, 0.717) is 31.8 Å². The number of likely N-dealkylation sites (tertiary alicyclic amines) is 1. The van der Waals surface area contributed by atoms with Crippen LogP contribution in [0.5, 0.6) is 0 Å². The van der Waals surface area contributed by atoms with Crippen molar-refractivity contribution in [1.29, 1.82) is 0 Å². The molecule has 26 heavy (non-hydrogen) atoms. The van der Waals surface area contributed by atoms with Crippen molar-refractivity contribution in [2.75, 3.05) is 13.1 Å². The van der Waals surface area contributed by atoms with Gasteiger partial charge in [-0.3, -0.25) is 4.79 Å². The molecule has 1 heterocycles. The summed E-state index contributed by atoms with van der Waals surface area (Å²) in [7, 11) is 0. The number of aliphatic hydroxyl groups is 1. The van der Waals surface area contributed by atoms with Gasteiger partial charge in [0.15, 0.2) is 0 Å². The summed E-state index contributed by atoms with van der Waals surface area (Å²) in [6.07, 6.45) is 11.5. The van der Waals surface area contributed by atoms with Crippen molar-refractivity contribution < 1.29 is 9.90 Å². The lowest BCUT2D eigenvalue weighted by molar-refractivity contribution is 0.0546. The summed E-state index contributed by atoms with van der Waals surface area (Å²) in [5.41, 5.74) is 2.16. The first-order valence-corrected chi connectivity index (χ1v) is 10.7. The van der Waals surface area contributed by atoms with E-state index in [2.05, 4.69) is 26.0 Å². The molecule has 2 rings (SSSR count). The zero-order valence-electron chi connectivity index (χ0n) is 16.8. The molecule has 3 heteroatoms. The van der Waals surface area contributed by atoms with Gasteiger partial charge in [-0.05, 0) is 49.3 Å². The van der Waals surface area contributed by atoms with E-state index in [1.54, 1.807) is 0 Å². The number of aliphatic hydroxyl groups excluding tert-OH is 1. The molecule has 0 saturated carbocycles. The molecule has 146 valence electrons. The molecule has 1 N–H and O–H groups in total. The quantitative estimate of drug-likeness (QED) is 0.558. The Bertz CT molecular complexity index is 518. The van der Waals surface area contributed by atoms with E-state index in [9.17, 15) is 9.90 Å². The molecule has 1 atom stereocenters. The number of carbonyl (C=O) groups excluding carboxylic acids is 1. The SMILES string of the molecule is CCCCCCCC(CCC)c1ccc(C(=O)N2CCC(O)CC2)cc1. The third-order valence-electron chi connectivity index (χ3n) is 5.67. The maximum absolute atomic E-state index is 12.6. The van der Waals surface area contributed by atoms with Gasteiger partial charge >= 0.3 is 0 Å². The number of hydrogen-bond acceptors (Lipinski definition) is 2. The Kier molecular flexibility index (Phi) is 9.17. The second kappa shape index (κ2) is 11.4. The van der Waals surface area contributed by atoms with Crippen LogP contribution < -0.4 is 0 Å². The highest BCUT2D eigenvalue weighted by atomic mass is 16.3. The first-order chi connectivity index (χ1) is 12.7. The van der Waals surface area contributed by atoms with Crippen molar-refractivity contribution in [3.8, 4) is 0 Å². The summed E-state index contributed by atoms with van der Waals surface area (Å²) in [6, 6.07) is 8.34. The van der Waals surface area contributed by atoms with Crippen LogP contribution in [0.3, 0.4) is 0 Å². The third kappa shape index (κ3) is 6.42. The molecular formula is C23H37NO2.